The van der Waals surface area contributed by atoms with Gasteiger partial charge in [-0.2, -0.15) is 0 Å². The number of nitrogens with zero attached hydrogens (tertiary/aromatic N) is 2. The van der Waals surface area contributed by atoms with Gasteiger partial charge in [-0.3, -0.25) is 0 Å². The van der Waals surface area contributed by atoms with Crippen LogP contribution in [0.2, 0.25) is 0 Å². The number of hydrogen-bond donors (Lipinski definition) is 1. The number of aliphatic imine (C=N–C) groups is 1. The molecule has 18 heavy (non-hydrogen) atoms. The minimum absolute atomic E-state index is 0.105. The zero-order chi connectivity index (χ0) is 12.8. The fraction of sp³-hybridized carbons (Fsp3) is 0.769. The SMILES string of the molecule is COC1C=NC(N)=CC1OCCCN1CCCC1. The summed E-state index contributed by atoms with van der Waals surface area (Å²) in [6.45, 7) is 4.34. The number of ether oxygens (including phenoxy) is 2. The van der Waals surface area contributed by atoms with Crippen molar-refractivity contribution in [3.05, 3.63) is 11.9 Å². The maximum Gasteiger partial charge on any atom is 0.122 e. The molecular weight excluding hydrogens is 230 g/mol. The Bertz CT molecular complexity index is 311. The third-order valence-corrected chi connectivity index (χ3v) is 3.43. The molecule has 0 saturated carbocycles. The summed E-state index contributed by atoms with van der Waals surface area (Å²) < 4.78 is 11.1. The molecule has 2 atom stereocenters. The van der Waals surface area contributed by atoms with Gasteiger partial charge >= 0.3 is 0 Å². The highest BCUT2D eigenvalue weighted by Crippen LogP contribution is 2.12. The van der Waals surface area contributed by atoms with E-state index in [1.54, 1.807) is 13.3 Å². The molecule has 0 radical (unpaired) electrons. The van der Waals surface area contributed by atoms with E-state index in [2.05, 4.69) is 9.89 Å². The topological polar surface area (TPSA) is 60.1 Å². The molecule has 1 fully saturated rings. The zero-order valence-corrected chi connectivity index (χ0v) is 11.0. The predicted octanol–water partition coefficient (Wildman–Crippen LogP) is 0.757. The Morgan fingerprint density at radius 1 is 1.39 bits per heavy atom. The van der Waals surface area contributed by atoms with Crippen LogP contribution >= 0.6 is 0 Å². The van der Waals surface area contributed by atoms with Crippen LogP contribution < -0.4 is 5.73 Å². The van der Waals surface area contributed by atoms with E-state index in [0.717, 1.165) is 19.6 Å². The molecule has 1 saturated heterocycles. The monoisotopic (exact) mass is 253 g/mol. The molecule has 5 heteroatoms. The standard InChI is InChI=1S/C13H23N3O2/c1-17-12-10-15-13(14)9-11(12)18-8-4-7-16-5-2-3-6-16/h9-12H,2-8,14H2,1H3. The van der Waals surface area contributed by atoms with Crippen LogP contribution in [0.1, 0.15) is 19.3 Å². The lowest BCUT2D eigenvalue weighted by Crippen LogP contribution is -2.34. The van der Waals surface area contributed by atoms with Gasteiger partial charge in [-0.1, -0.05) is 0 Å². The molecule has 0 aromatic carbocycles. The lowest BCUT2D eigenvalue weighted by atomic mass is 10.1. The smallest absolute Gasteiger partial charge is 0.122 e. The van der Waals surface area contributed by atoms with E-state index >= 15 is 0 Å². The molecule has 2 aliphatic rings. The molecule has 2 rings (SSSR count). The van der Waals surface area contributed by atoms with Crippen LogP contribution in [0.25, 0.3) is 0 Å². The number of hydrogen-bond acceptors (Lipinski definition) is 5. The van der Waals surface area contributed by atoms with Gasteiger partial charge in [0.1, 0.15) is 18.0 Å². The van der Waals surface area contributed by atoms with Gasteiger partial charge in [0.15, 0.2) is 0 Å². The first-order chi connectivity index (χ1) is 8.79. The Hall–Kier alpha value is -0.910. The summed E-state index contributed by atoms with van der Waals surface area (Å²) in [5, 5.41) is 0. The van der Waals surface area contributed by atoms with E-state index in [9.17, 15) is 0 Å². The van der Waals surface area contributed by atoms with Gasteiger partial charge in [0.25, 0.3) is 0 Å². The quantitative estimate of drug-likeness (QED) is 0.710. The van der Waals surface area contributed by atoms with E-state index in [1.165, 1.54) is 25.9 Å². The van der Waals surface area contributed by atoms with Crippen molar-refractivity contribution in [2.75, 3.05) is 33.4 Å². The van der Waals surface area contributed by atoms with Gasteiger partial charge in [0.2, 0.25) is 0 Å². The van der Waals surface area contributed by atoms with E-state index < -0.39 is 0 Å². The molecule has 0 amide bonds. The summed E-state index contributed by atoms with van der Waals surface area (Å²) >= 11 is 0. The Kier molecular flexibility index (Phi) is 5.16. The molecule has 2 heterocycles. The van der Waals surface area contributed by atoms with Crippen LogP contribution in [0, 0.1) is 0 Å². The first kappa shape index (κ1) is 13.5. The van der Waals surface area contributed by atoms with Crippen molar-refractivity contribution in [3.63, 3.8) is 0 Å². The Morgan fingerprint density at radius 3 is 2.89 bits per heavy atom. The first-order valence-corrected chi connectivity index (χ1v) is 6.68. The fourth-order valence-corrected chi connectivity index (χ4v) is 2.40. The third kappa shape index (κ3) is 3.80. The van der Waals surface area contributed by atoms with Crippen molar-refractivity contribution < 1.29 is 9.47 Å². The second-order valence-corrected chi connectivity index (χ2v) is 4.81. The summed E-state index contributed by atoms with van der Waals surface area (Å²) in [5.41, 5.74) is 5.67. The number of methoxy groups -OCH3 is 1. The maximum absolute atomic E-state index is 5.82. The minimum Gasteiger partial charge on any atom is -0.384 e. The third-order valence-electron chi connectivity index (χ3n) is 3.43. The van der Waals surface area contributed by atoms with Crippen molar-refractivity contribution in [2.45, 2.75) is 31.5 Å². The summed E-state index contributed by atoms with van der Waals surface area (Å²) in [5.74, 6) is 0.507. The summed E-state index contributed by atoms with van der Waals surface area (Å²) in [4.78, 5) is 6.51. The van der Waals surface area contributed by atoms with Crippen LogP contribution in [-0.4, -0.2) is 56.7 Å². The van der Waals surface area contributed by atoms with Gasteiger partial charge in [-0.25, -0.2) is 4.99 Å². The fourth-order valence-electron chi connectivity index (χ4n) is 2.40. The number of nitrogens with two attached hydrogens (primary N) is 1. The Morgan fingerprint density at radius 2 is 2.17 bits per heavy atom. The zero-order valence-electron chi connectivity index (χ0n) is 11.0. The first-order valence-electron chi connectivity index (χ1n) is 6.68. The van der Waals surface area contributed by atoms with Crippen molar-refractivity contribution >= 4 is 6.21 Å². The van der Waals surface area contributed by atoms with E-state index in [0.29, 0.717) is 5.82 Å². The normalized spacial score (nSPS) is 28.6. The van der Waals surface area contributed by atoms with Gasteiger partial charge < -0.3 is 20.1 Å². The molecule has 2 N–H and O–H groups in total. The Balaban J connectivity index is 1.66. The molecule has 0 aromatic heterocycles. The molecule has 102 valence electrons. The summed E-state index contributed by atoms with van der Waals surface area (Å²) in [6.07, 6.45) is 7.04. The molecule has 5 nitrogen and oxygen atoms in total. The molecule has 0 spiro atoms. The van der Waals surface area contributed by atoms with Crippen LogP contribution in [0.3, 0.4) is 0 Å². The average molecular weight is 253 g/mol. The van der Waals surface area contributed by atoms with Crippen molar-refractivity contribution in [1.82, 2.24) is 4.90 Å². The highest BCUT2D eigenvalue weighted by molar-refractivity contribution is 5.67. The molecule has 0 aromatic rings. The molecule has 0 aliphatic carbocycles. The maximum atomic E-state index is 5.82. The largest absolute Gasteiger partial charge is 0.384 e. The van der Waals surface area contributed by atoms with Gasteiger partial charge in [0.05, 0.1) is 0 Å². The van der Waals surface area contributed by atoms with Crippen molar-refractivity contribution in [2.24, 2.45) is 10.7 Å². The van der Waals surface area contributed by atoms with Crippen LogP contribution in [-0.2, 0) is 9.47 Å². The summed E-state index contributed by atoms with van der Waals surface area (Å²) in [7, 11) is 1.66. The Labute approximate surface area is 109 Å². The predicted molar refractivity (Wildman–Crippen MR) is 71.6 cm³/mol. The molecule has 2 aliphatic heterocycles. The highest BCUT2D eigenvalue weighted by Gasteiger charge is 2.21. The van der Waals surface area contributed by atoms with Crippen LogP contribution in [0.5, 0.6) is 0 Å². The lowest BCUT2D eigenvalue weighted by molar-refractivity contribution is -0.00304. The minimum atomic E-state index is -0.121. The second kappa shape index (κ2) is 6.87. The van der Waals surface area contributed by atoms with Crippen LogP contribution in [0.15, 0.2) is 16.9 Å². The van der Waals surface area contributed by atoms with Crippen molar-refractivity contribution in [1.29, 1.82) is 0 Å². The van der Waals surface area contributed by atoms with Gasteiger partial charge in [0, 0.05) is 26.5 Å². The van der Waals surface area contributed by atoms with E-state index in [1.807, 2.05) is 6.08 Å². The van der Waals surface area contributed by atoms with Gasteiger partial charge in [-0.15, -0.1) is 0 Å². The molecule has 0 bridgehead atoms. The second-order valence-electron chi connectivity index (χ2n) is 4.81. The van der Waals surface area contributed by atoms with Gasteiger partial charge in [-0.05, 0) is 38.4 Å². The number of likely N-dealkylation sites (tertiary alicyclic amines) is 1. The highest BCUT2D eigenvalue weighted by atomic mass is 16.5. The summed E-state index contributed by atoms with van der Waals surface area (Å²) in [6, 6.07) is 0. The molecule has 2 unspecified atom stereocenters. The average Bonchev–Trinajstić information content (AvgIpc) is 2.88. The van der Waals surface area contributed by atoms with E-state index in [-0.39, 0.29) is 12.2 Å². The number of rotatable bonds is 6. The van der Waals surface area contributed by atoms with Crippen LogP contribution in [0.4, 0.5) is 0 Å². The lowest BCUT2D eigenvalue weighted by Gasteiger charge is -2.24. The van der Waals surface area contributed by atoms with E-state index in [4.69, 9.17) is 15.2 Å². The van der Waals surface area contributed by atoms with Crippen molar-refractivity contribution in [3.8, 4) is 0 Å². The molecular formula is C13H23N3O2.